The number of carbonyl (C=O) groups excluding carboxylic acids is 4. The number of amides is 2. The number of nitrogens with one attached hydrogen (secondary N) is 2. The van der Waals surface area contributed by atoms with Gasteiger partial charge in [0.15, 0.2) is 0 Å². The molecule has 0 aliphatic heterocycles. The van der Waals surface area contributed by atoms with Crippen LogP contribution < -0.4 is 58.6 Å². The van der Waals surface area contributed by atoms with Crippen LogP contribution >= 0.6 is 0 Å². The van der Waals surface area contributed by atoms with Crippen LogP contribution in [0.2, 0.25) is 10.6 Å². The van der Waals surface area contributed by atoms with E-state index >= 15 is 0 Å². The standard InChI is InChI=1S/C16H28N2O8Se2.2Li/c1-15(2,3)25-13(23)17-9(11(19)20)7-27-28-8-10(12(21)22)18-14(24)26-16(4,5)6;;/h9-10H,7-8H2,1-6H3,(H,17,23)(H,18,24)(H,19,20)(H,21,22);;/q;2*+1/p-2/t9-,10-;;/m0../s1. The van der Waals surface area contributed by atoms with Crippen molar-refractivity contribution in [2.75, 3.05) is 0 Å². The summed E-state index contributed by atoms with van der Waals surface area (Å²) in [6.07, 6.45) is -1.74. The van der Waals surface area contributed by atoms with E-state index in [2.05, 4.69) is 10.6 Å². The van der Waals surface area contributed by atoms with E-state index in [1.807, 2.05) is 0 Å². The van der Waals surface area contributed by atoms with Crippen LogP contribution in [0.1, 0.15) is 41.5 Å². The Kier molecular flexibility index (Phi) is 17.7. The zero-order chi connectivity index (χ0) is 22.1. The maximum atomic E-state index is 11.7. The zero-order valence-corrected chi connectivity index (χ0v) is 22.1. The average Bonchev–Trinajstić information content (AvgIpc) is 2.44. The van der Waals surface area contributed by atoms with Crippen molar-refractivity contribution in [2.24, 2.45) is 0 Å². The number of carbonyl (C=O) groups is 4. The predicted molar refractivity (Wildman–Crippen MR) is 97.5 cm³/mol. The van der Waals surface area contributed by atoms with Crippen LogP contribution in [-0.2, 0) is 19.1 Å². The fraction of sp³-hybridized carbons (Fsp3) is 0.750. The van der Waals surface area contributed by atoms with Crippen LogP contribution in [0.4, 0.5) is 9.59 Å². The maximum absolute atomic E-state index is 11.7. The van der Waals surface area contributed by atoms with E-state index in [1.165, 1.54) is 0 Å². The molecule has 0 heterocycles. The Labute approximate surface area is 211 Å². The summed E-state index contributed by atoms with van der Waals surface area (Å²) in [5, 5.41) is 27.0. The number of hydrogen-bond acceptors (Lipinski definition) is 8. The van der Waals surface area contributed by atoms with Crippen molar-refractivity contribution in [1.82, 2.24) is 10.6 Å². The molecule has 0 unspecified atom stereocenters. The van der Waals surface area contributed by atoms with Gasteiger partial charge in [-0.3, -0.25) is 0 Å². The smallest absolute Gasteiger partial charge is 1.00 e. The Morgan fingerprint density at radius 3 is 1.20 bits per heavy atom. The second-order valence-electron chi connectivity index (χ2n) is 7.60. The second-order valence-corrected chi connectivity index (χ2v) is 15.1. The number of hydrogen-bond donors (Lipinski definition) is 2. The molecule has 0 saturated heterocycles. The van der Waals surface area contributed by atoms with Crippen LogP contribution in [0.25, 0.3) is 0 Å². The van der Waals surface area contributed by atoms with Gasteiger partial charge in [-0.15, -0.1) is 0 Å². The number of carboxylic acid groups (broad SMARTS) is 2. The summed E-state index contributed by atoms with van der Waals surface area (Å²) in [6.45, 7) is 9.87. The maximum Gasteiger partial charge on any atom is 1.00 e. The van der Waals surface area contributed by atoms with Gasteiger partial charge in [0.25, 0.3) is 0 Å². The molecule has 30 heavy (non-hydrogen) atoms. The van der Waals surface area contributed by atoms with Crippen molar-refractivity contribution in [3.8, 4) is 0 Å². The first-order valence-electron chi connectivity index (χ1n) is 8.26. The van der Waals surface area contributed by atoms with Crippen molar-refractivity contribution >= 4 is 50.4 Å². The second kappa shape index (κ2) is 15.5. The molecule has 2 N–H and O–H groups in total. The minimum absolute atomic E-state index is 0. The Morgan fingerprint density at radius 2 is 1.00 bits per heavy atom. The van der Waals surface area contributed by atoms with E-state index < -0.39 is 47.4 Å². The van der Waals surface area contributed by atoms with Crippen molar-refractivity contribution in [3.05, 3.63) is 0 Å². The molecule has 0 aromatic carbocycles. The molecule has 162 valence electrons. The fourth-order valence-electron chi connectivity index (χ4n) is 1.47. The molecule has 14 heteroatoms. The van der Waals surface area contributed by atoms with Crippen LogP contribution in [0, 0.1) is 0 Å². The van der Waals surface area contributed by atoms with Gasteiger partial charge in [-0.2, -0.15) is 0 Å². The molecule has 2 atom stereocenters. The third-order valence-corrected chi connectivity index (χ3v) is 9.61. The van der Waals surface area contributed by atoms with Gasteiger partial charge in [-0.05, 0) is 0 Å². The van der Waals surface area contributed by atoms with Crippen molar-refractivity contribution in [2.45, 2.75) is 75.5 Å². The summed E-state index contributed by atoms with van der Waals surface area (Å²) < 4.78 is 10.0. The molecule has 0 saturated carbocycles. The SMILES string of the molecule is CC(C)(C)OC(=O)N[C@@H](C[Se][Se]C[C@H](NC(=O)OC(C)(C)C)C(=O)[O-])C(=O)[O-].[Li+].[Li+]. The van der Waals surface area contributed by atoms with Gasteiger partial charge >= 0.3 is 213 Å². The Morgan fingerprint density at radius 1 is 0.733 bits per heavy atom. The summed E-state index contributed by atoms with van der Waals surface area (Å²) in [7, 11) is 0. The topological polar surface area (TPSA) is 157 Å². The minimum atomic E-state index is -1.45. The van der Waals surface area contributed by atoms with Gasteiger partial charge < -0.3 is 0 Å². The first kappa shape index (κ1) is 34.3. The monoisotopic (exact) mass is 548 g/mol. The molecular weight excluding hydrogens is 520 g/mol. The molecule has 0 aromatic rings. The minimum Gasteiger partial charge on any atom is 1.00 e. The molecular formula is C16H26Li2N2O8Se2. The van der Waals surface area contributed by atoms with Gasteiger partial charge in [0, 0.05) is 0 Å². The average molecular weight is 546 g/mol. The quantitative estimate of drug-likeness (QED) is 0.214. The van der Waals surface area contributed by atoms with Crippen LogP contribution in [0.5, 0.6) is 0 Å². The molecule has 2 amide bonds. The van der Waals surface area contributed by atoms with Gasteiger partial charge in [-0.25, -0.2) is 0 Å². The first-order valence-corrected chi connectivity index (χ1v) is 15.0. The Balaban J connectivity index is -0.00000364. The summed E-state index contributed by atoms with van der Waals surface area (Å²) in [4.78, 5) is 45.7. The Bertz CT molecular complexity index is 533. The predicted octanol–water partition coefficient (Wildman–Crippen LogP) is -7.56. The summed E-state index contributed by atoms with van der Waals surface area (Å²) >= 11 is -0.563. The number of rotatable bonds is 9. The van der Waals surface area contributed by atoms with Crippen molar-refractivity contribution in [1.29, 1.82) is 0 Å². The first-order chi connectivity index (χ1) is 12.6. The van der Waals surface area contributed by atoms with Gasteiger partial charge in [0.1, 0.15) is 0 Å². The van der Waals surface area contributed by atoms with E-state index in [1.54, 1.807) is 41.5 Å². The molecule has 0 aromatic heterocycles. The molecule has 0 spiro atoms. The molecule has 0 fully saturated rings. The molecule has 0 radical (unpaired) electrons. The van der Waals surface area contributed by atoms with E-state index in [9.17, 15) is 29.4 Å². The normalized spacial score (nSPS) is 12.9. The largest absolute Gasteiger partial charge is 1.00 e. The zero-order valence-electron chi connectivity index (χ0n) is 18.7. The van der Waals surface area contributed by atoms with Crippen LogP contribution in [0.15, 0.2) is 0 Å². The Hall–Kier alpha value is -0.286. The summed E-state index contributed by atoms with van der Waals surface area (Å²) in [5.74, 6) is -2.90. The fourth-order valence-corrected chi connectivity index (χ4v) is 8.43. The number of carboxylic acids is 2. The van der Waals surface area contributed by atoms with Gasteiger partial charge in [0.2, 0.25) is 0 Å². The van der Waals surface area contributed by atoms with Gasteiger partial charge in [0.05, 0.1) is 0 Å². The van der Waals surface area contributed by atoms with E-state index in [0.29, 0.717) is 0 Å². The molecule has 10 nitrogen and oxygen atoms in total. The van der Waals surface area contributed by atoms with E-state index in [-0.39, 0.29) is 74.6 Å². The van der Waals surface area contributed by atoms with Crippen LogP contribution in [0.3, 0.4) is 0 Å². The van der Waals surface area contributed by atoms with E-state index in [0.717, 1.165) is 0 Å². The summed E-state index contributed by atoms with van der Waals surface area (Å²) in [5.41, 5.74) is -1.55. The third-order valence-electron chi connectivity index (χ3n) is 2.50. The number of aliphatic carboxylic acids is 2. The summed E-state index contributed by atoms with van der Waals surface area (Å²) in [6, 6.07) is -2.48. The molecule has 0 rings (SSSR count). The molecule has 0 aliphatic carbocycles. The van der Waals surface area contributed by atoms with Crippen molar-refractivity contribution < 1.29 is 76.6 Å². The molecule has 0 bridgehead atoms. The third kappa shape index (κ3) is 18.5. The number of alkyl carbamates (subject to hydrolysis) is 2. The van der Waals surface area contributed by atoms with E-state index in [4.69, 9.17) is 9.47 Å². The van der Waals surface area contributed by atoms with Crippen LogP contribution in [-0.4, -0.2) is 73.7 Å². The molecule has 0 aliphatic rings. The van der Waals surface area contributed by atoms with Gasteiger partial charge in [-0.1, -0.05) is 0 Å². The van der Waals surface area contributed by atoms with Crippen molar-refractivity contribution in [3.63, 3.8) is 0 Å². The number of ether oxygens (including phenoxy) is 2.